The van der Waals surface area contributed by atoms with Gasteiger partial charge in [0.05, 0.1) is 5.69 Å². The van der Waals surface area contributed by atoms with Crippen molar-refractivity contribution in [2.45, 2.75) is 25.8 Å². The zero-order chi connectivity index (χ0) is 14.2. The van der Waals surface area contributed by atoms with Gasteiger partial charge >= 0.3 is 0 Å². The van der Waals surface area contributed by atoms with Gasteiger partial charge in [0.1, 0.15) is 6.33 Å². The number of anilines is 1. The molecule has 110 valence electrons. The summed E-state index contributed by atoms with van der Waals surface area (Å²) in [5.74, 6) is 0.811. The molecule has 2 aromatic rings. The minimum Gasteiger partial charge on any atom is -0.380 e. The van der Waals surface area contributed by atoms with Crippen LogP contribution in [0.3, 0.4) is 0 Å². The first-order valence-electron chi connectivity index (χ1n) is 7.62. The highest BCUT2D eigenvalue weighted by atomic mass is 15.5. The number of piperidine rings is 3. The maximum atomic E-state index is 3.96. The predicted octanol–water partition coefficient (Wildman–Crippen LogP) is 1.48. The lowest BCUT2D eigenvalue weighted by Crippen LogP contribution is -2.53. The zero-order valence-electron chi connectivity index (χ0n) is 12.2. The van der Waals surface area contributed by atoms with Crippen molar-refractivity contribution in [2.24, 2.45) is 5.92 Å². The Balaban J connectivity index is 1.58. The monoisotopic (exact) mass is 284 g/mol. The van der Waals surface area contributed by atoms with E-state index in [0.29, 0.717) is 6.04 Å². The number of hydrogen-bond acceptors (Lipinski definition) is 5. The third kappa shape index (κ3) is 2.40. The van der Waals surface area contributed by atoms with Crippen molar-refractivity contribution in [3.05, 3.63) is 30.1 Å². The van der Waals surface area contributed by atoms with Gasteiger partial charge in [-0.15, -0.1) is 5.10 Å². The van der Waals surface area contributed by atoms with E-state index in [9.17, 15) is 0 Å². The number of nitrogens with zero attached hydrogens (tertiary/aromatic N) is 5. The van der Waals surface area contributed by atoms with Crippen molar-refractivity contribution >= 4 is 5.69 Å². The van der Waals surface area contributed by atoms with Crippen LogP contribution in [-0.2, 0) is 0 Å². The summed E-state index contributed by atoms with van der Waals surface area (Å²) in [7, 11) is 0. The second kappa shape index (κ2) is 5.11. The highest BCUT2D eigenvalue weighted by molar-refractivity contribution is 5.57. The number of hydrogen-bond donors (Lipinski definition) is 1. The summed E-state index contributed by atoms with van der Waals surface area (Å²) >= 11 is 0. The average Bonchev–Trinajstić information content (AvgIpc) is 3.05. The van der Waals surface area contributed by atoms with Gasteiger partial charge in [0, 0.05) is 18.3 Å². The third-order valence-electron chi connectivity index (χ3n) is 4.83. The fourth-order valence-electron chi connectivity index (χ4n) is 3.52. The van der Waals surface area contributed by atoms with Crippen LogP contribution in [0.15, 0.2) is 24.5 Å². The zero-order valence-corrected chi connectivity index (χ0v) is 12.2. The van der Waals surface area contributed by atoms with Gasteiger partial charge in [0.15, 0.2) is 0 Å². The van der Waals surface area contributed by atoms with Gasteiger partial charge in [-0.25, -0.2) is 4.68 Å². The van der Waals surface area contributed by atoms with E-state index in [0.717, 1.165) is 11.6 Å². The second-order valence-electron chi connectivity index (χ2n) is 6.14. The maximum Gasteiger partial charge on any atom is 0.143 e. The van der Waals surface area contributed by atoms with Crippen LogP contribution in [0.4, 0.5) is 5.69 Å². The topological polar surface area (TPSA) is 58.9 Å². The van der Waals surface area contributed by atoms with Gasteiger partial charge in [-0.05, 0) is 66.9 Å². The van der Waals surface area contributed by atoms with E-state index in [-0.39, 0.29) is 0 Å². The first kappa shape index (κ1) is 12.8. The molecule has 21 heavy (non-hydrogen) atoms. The average molecular weight is 284 g/mol. The van der Waals surface area contributed by atoms with Crippen molar-refractivity contribution < 1.29 is 0 Å². The minimum absolute atomic E-state index is 0.565. The standard InChI is InChI=1S/C15H20N6/c1-11-2-3-13(21-10-16-18-19-21)8-14(11)17-15-9-20-6-4-12(15)5-7-20/h2-3,8,10,12,15,17H,4-7,9H2,1H3. The van der Waals surface area contributed by atoms with Crippen molar-refractivity contribution in [2.75, 3.05) is 25.0 Å². The summed E-state index contributed by atoms with van der Waals surface area (Å²) in [5, 5.41) is 15.1. The van der Waals surface area contributed by atoms with E-state index in [4.69, 9.17) is 0 Å². The Morgan fingerprint density at radius 3 is 2.76 bits per heavy atom. The molecule has 6 heteroatoms. The van der Waals surface area contributed by atoms with Crippen molar-refractivity contribution in [3.63, 3.8) is 0 Å². The number of fused-ring (bicyclic) bond motifs is 3. The molecule has 1 atom stereocenters. The largest absolute Gasteiger partial charge is 0.380 e. The van der Waals surface area contributed by atoms with E-state index in [1.807, 2.05) is 6.07 Å². The van der Waals surface area contributed by atoms with Crippen LogP contribution < -0.4 is 5.32 Å². The van der Waals surface area contributed by atoms with Crippen LogP contribution in [0.1, 0.15) is 18.4 Å². The molecule has 0 radical (unpaired) electrons. The first-order chi connectivity index (χ1) is 10.3. The lowest BCUT2D eigenvalue weighted by atomic mass is 9.84. The van der Waals surface area contributed by atoms with Gasteiger partial charge in [0.25, 0.3) is 0 Å². The van der Waals surface area contributed by atoms with Crippen LogP contribution >= 0.6 is 0 Å². The first-order valence-corrected chi connectivity index (χ1v) is 7.62. The molecule has 0 amide bonds. The van der Waals surface area contributed by atoms with Gasteiger partial charge in [0.2, 0.25) is 0 Å². The molecule has 5 rings (SSSR count). The van der Waals surface area contributed by atoms with Crippen LogP contribution in [0.25, 0.3) is 5.69 Å². The van der Waals surface area contributed by atoms with E-state index >= 15 is 0 Å². The van der Waals surface area contributed by atoms with Crippen LogP contribution in [0.2, 0.25) is 0 Å². The van der Waals surface area contributed by atoms with Crippen LogP contribution in [-0.4, -0.2) is 50.8 Å². The van der Waals surface area contributed by atoms with Crippen LogP contribution in [0.5, 0.6) is 0 Å². The van der Waals surface area contributed by atoms with E-state index in [1.54, 1.807) is 11.0 Å². The quantitative estimate of drug-likeness (QED) is 0.925. The molecule has 0 saturated carbocycles. The molecular formula is C15H20N6. The Hall–Kier alpha value is -1.95. The third-order valence-corrected chi connectivity index (χ3v) is 4.83. The molecule has 4 heterocycles. The van der Waals surface area contributed by atoms with E-state index in [2.05, 4.69) is 44.8 Å². The highest BCUT2D eigenvalue weighted by Gasteiger charge is 2.34. The van der Waals surface area contributed by atoms with Crippen molar-refractivity contribution in [1.82, 2.24) is 25.1 Å². The summed E-state index contributed by atoms with van der Waals surface area (Å²) in [6.45, 7) is 5.85. The Morgan fingerprint density at radius 1 is 1.24 bits per heavy atom. The van der Waals surface area contributed by atoms with Gasteiger partial charge in [-0.2, -0.15) is 0 Å². The molecule has 3 aliphatic heterocycles. The molecule has 3 aliphatic rings. The number of aryl methyl sites for hydroxylation is 1. The second-order valence-corrected chi connectivity index (χ2v) is 6.14. The van der Waals surface area contributed by atoms with E-state index in [1.165, 1.54) is 43.7 Å². The number of aromatic nitrogens is 4. The lowest BCUT2D eigenvalue weighted by molar-refractivity contribution is 0.0975. The minimum atomic E-state index is 0.565. The summed E-state index contributed by atoms with van der Waals surface area (Å²) in [4.78, 5) is 2.57. The molecule has 3 fully saturated rings. The normalized spacial score (nSPS) is 27.8. The fraction of sp³-hybridized carbons (Fsp3) is 0.533. The van der Waals surface area contributed by atoms with Gasteiger partial charge in [-0.1, -0.05) is 6.07 Å². The summed E-state index contributed by atoms with van der Waals surface area (Å²) in [5.41, 5.74) is 3.46. The molecule has 1 unspecified atom stereocenters. The number of tetrazole rings is 1. The molecule has 1 N–H and O–H groups in total. The summed E-state index contributed by atoms with van der Waals surface area (Å²) < 4.78 is 1.70. The molecule has 1 aromatic carbocycles. The summed E-state index contributed by atoms with van der Waals surface area (Å²) in [6.07, 6.45) is 4.27. The number of rotatable bonds is 3. The fourth-order valence-corrected chi connectivity index (χ4v) is 3.52. The molecule has 1 aromatic heterocycles. The smallest absolute Gasteiger partial charge is 0.143 e. The number of nitrogens with one attached hydrogen (secondary N) is 1. The van der Waals surface area contributed by atoms with E-state index < -0.39 is 0 Å². The SMILES string of the molecule is Cc1ccc(-n2cnnn2)cc1NC1CN2CCC1CC2. The van der Waals surface area contributed by atoms with Crippen LogP contribution in [0, 0.1) is 12.8 Å². The Bertz CT molecular complexity index is 615. The Labute approximate surface area is 124 Å². The lowest BCUT2D eigenvalue weighted by Gasteiger charge is -2.45. The molecular weight excluding hydrogens is 264 g/mol. The van der Waals surface area contributed by atoms with Crippen molar-refractivity contribution in [3.8, 4) is 5.69 Å². The predicted molar refractivity (Wildman–Crippen MR) is 80.5 cm³/mol. The summed E-state index contributed by atoms with van der Waals surface area (Å²) in [6, 6.07) is 6.88. The molecule has 2 bridgehead atoms. The molecule has 6 nitrogen and oxygen atoms in total. The highest BCUT2D eigenvalue weighted by Crippen LogP contribution is 2.31. The van der Waals surface area contributed by atoms with Gasteiger partial charge < -0.3 is 10.2 Å². The molecule has 3 saturated heterocycles. The molecule has 0 spiro atoms. The maximum absolute atomic E-state index is 3.96. The van der Waals surface area contributed by atoms with Crippen molar-refractivity contribution in [1.29, 1.82) is 0 Å². The van der Waals surface area contributed by atoms with Gasteiger partial charge in [-0.3, -0.25) is 0 Å². The Kier molecular flexibility index (Phi) is 3.11. The molecule has 0 aliphatic carbocycles. The number of benzene rings is 1. The Morgan fingerprint density at radius 2 is 2.10 bits per heavy atom.